The van der Waals surface area contributed by atoms with Crippen LogP contribution in [0, 0.1) is 0 Å². The summed E-state index contributed by atoms with van der Waals surface area (Å²) in [6.45, 7) is 1.88. The molecule has 0 atom stereocenters. The van der Waals surface area contributed by atoms with Gasteiger partial charge in [0, 0.05) is 23.6 Å². The molecule has 1 aliphatic heterocycles. The lowest BCUT2D eigenvalue weighted by Crippen LogP contribution is -2.03. The third kappa shape index (κ3) is 4.53. The number of benzene rings is 2. The minimum atomic E-state index is 0.0945. The van der Waals surface area contributed by atoms with Gasteiger partial charge in [-0.1, -0.05) is 12.1 Å². The minimum absolute atomic E-state index is 0.0945. The number of hydrogen-bond acceptors (Lipinski definition) is 6. The average molecular weight is 354 g/mol. The molecule has 1 aliphatic rings. The van der Waals surface area contributed by atoms with Crippen LogP contribution < -0.4 is 9.47 Å². The number of ether oxygens (including phenoxy) is 2. The summed E-state index contributed by atoms with van der Waals surface area (Å²) >= 11 is 0. The SMILES string of the molecule is Oc1c2cccc1OCCCCOc1cccc(c1O)C=NCCN=C2. The van der Waals surface area contributed by atoms with Crippen molar-refractivity contribution >= 4 is 12.4 Å². The van der Waals surface area contributed by atoms with Crippen molar-refractivity contribution in [2.24, 2.45) is 9.98 Å². The summed E-state index contributed by atoms with van der Waals surface area (Å²) in [5, 5.41) is 20.5. The zero-order valence-electron chi connectivity index (χ0n) is 14.5. The Kier molecular flexibility index (Phi) is 6.09. The van der Waals surface area contributed by atoms with Crippen LogP contribution in [0.5, 0.6) is 23.0 Å². The van der Waals surface area contributed by atoms with Crippen LogP contribution in [0.1, 0.15) is 24.0 Å². The molecule has 2 aromatic rings. The number of hydrogen-bond donors (Lipinski definition) is 2. The second-order valence-electron chi connectivity index (χ2n) is 5.86. The summed E-state index contributed by atoms with van der Waals surface area (Å²) in [5.74, 6) is 1.08. The van der Waals surface area contributed by atoms with Crippen LogP contribution in [0.15, 0.2) is 46.4 Å². The standard InChI is InChI=1S/C20H22N2O4/c23-19-15-5-3-7-17(19)25-11-1-2-12-26-18-8-4-6-16(20(18)24)14-22-10-9-21-13-15/h3-8,13-14,23-24H,1-2,9-12H2. The van der Waals surface area contributed by atoms with Crippen molar-refractivity contribution in [1.29, 1.82) is 0 Å². The maximum absolute atomic E-state index is 10.3. The molecular weight excluding hydrogens is 332 g/mol. The summed E-state index contributed by atoms with van der Waals surface area (Å²) in [4.78, 5) is 8.56. The van der Waals surface area contributed by atoms with E-state index >= 15 is 0 Å². The molecule has 0 fully saturated rings. The third-order valence-corrected chi connectivity index (χ3v) is 3.93. The van der Waals surface area contributed by atoms with Crippen molar-refractivity contribution in [3.8, 4) is 23.0 Å². The van der Waals surface area contributed by atoms with E-state index in [1.165, 1.54) is 0 Å². The molecule has 4 bridgehead atoms. The van der Waals surface area contributed by atoms with Gasteiger partial charge in [0.1, 0.15) is 0 Å². The monoisotopic (exact) mass is 354 g/mol. The fourth-order valence-electron chi connectivity index (χ4n) is 2.53. The van der Waals surface area contributed by atoms with E-state index in [2.05, 4.69) is 9.98 Å². The van der Waals surface area contributed by atoms with Crippen LogP contribution in [0.3, 0.4) is 0 Å². The first-order valence-corrected chi connectivity index (χ1v) is 8.65. The number of phenolic OH excluding ortho intramolecular Hbond substituents is 2. The number of nitrogens with zero attached hydrogens (tertiary/aromatic N) is 2. The highest BCUT2D eigenvalue weighted by molar-refractivity contribution is 5.85. The van der Waals surface area contributed by atoms with Gasteiger partial charge in [-0.2, -0.15) is 0 Å². The van der Waals surface area contributed by atoms with Gasteiger partial charge in [0.25, 0.3) is 0 Å². The number of rotatable bonds is 0. The van der Waals surface area contributed by atoms with Crippen molar-refractivity contribution in [2.75, 3.05) is 26.3 Å². The molecule has 136 valence electrons. The molecule has 1 heterocycles. The van der Waals surface area contributed by atoms with E-state index in [0.717, 1.165) is 12.8 Å². The van der Waals surface area contributed by atoms with Gasteiger partial charge in [0.2, 0.25) is 0 Å². The molecule has 2 N–H and O–H groups in total. The van der Waals surface area contributed by atoms with E-state index in [1.54, 1.807) is 36.7 Å². The Balaban J connectivity index is 1.77. The predicted octanol–water partition coefficient (Wildman–Crippen LogP) is 3.19. The van der Waals surface area contributed by atoms with Crippen molar-refractivity contribution in [2.45, 2.75) is 12.8 Å². The highest BCUT2D eigenvalue weighted by Crippen LogP contribution is 2.30. The van der Waals surface area contributed by atoms with Gasteiger partial charge in [0.05, 0.1) is 26.3 Å². The van der Waals surface area contributed by atoms with E-state index in [-0.39, 0.29) is 11.5 Å². The number of phenols is 2. The van der Waals surface area contributed by atoms with Gasteiger partial charge >= 0.3 is 0 Å². The van der Waals surface area contributed by atoms with Crippen molar-refractivity contribution in [3.63, 3.8) is 0 Å². The zero-order valence-corrected chi connectivity index (χ0v) is 14.5. The maximum atomic E-state index is 10.3. The predicted molar refractivity (Wildman–Crippen MR) is 101 cm³/mol. The first-order valence-electron chi connectivity index (χ1n) is 8.65. The molecule has 0 spiro atoms. The number of fused-ring (bicyclic) bond motifs is 4. The van der Waals surface area contributed by atoms with Crippen molar-refractivity contribution in [3.05, 3.63) is 47.5 Å². The second-order valence-corrected chi connectivity index (χ2v) is 5.86. The van der Waals surface area contributed by atoms with E-state index in [9.17, 15) is 10.2 Å². The van der Waals surface area contributed by atoms with Crippen molar-refractivity contribution in [1.82, 2.24) is 0 Å². The van der Waals surface area contributed by atoms with Crippen LogP contribution >= 0.6 is 0 Å². The molecule has 26 heavy (non-hydrogen) atoms. The van der Waals surface area contributed by atoms with Gasteiger partial charge in [-0.25, -0.2) is 0 Å². The molecule has 0 radical (unpaired) electrons. The van der Waals surface area contributed by atoms with Gasteiger partial charge in [0.15, 0.2) is 23.0 Å². The lowest BCUT2D eigenvalue weighted by Gasteiger charge is -2.11. The molecule has 0 saturated carbocycles. The van der Waals surface area contributed by atoms with Gasteiger partial charge in [-0.3, -0.25) is 9.98 Å². The van der Waals surface area contributed by atoms with Gasteiger partial charge in [-0.15, -0.1) is 0 Å². The summed E-state index contributed by atoms with van der Waals surface area (Å²) in [6.07, 6.45) is 4.76. The minimum Gasteiger partial charge on any atom is -0.504 e. The Hall–Kier alpha value is -3.02. The molecule has 0 aromatic heterocycles. The Morgan fingerprint density at radius 3 is 1.62 bits per heavy atom. The molecule has 2 aromatic carbocycles. The van der Waals surface area contributed by atoms with E-state index in [1.807, 2.05) is 12.1 Å². The second kappa shape index (κ2) is 8.89. The van der Waals surface area contributed by atoms with E-state index in [0.29, 0.717) is 48.9 Å². The largest absolute Gasteiger partial charge is 0.504 e. The number of aliphatic imine (C=N–C) groups is 2. The first kappa shape index (κ1) is 17.8. The topological polar surface area (TPSA) is 83.6 Å². The smallest absolute Gasteiger partial charge is 0.166 e. The molecule has 6 heteroatoms. The summed E-state index contributed by atoms with van der Waals surface area (Å²) in [6, 6.07) is 10.7. The Morgan fingerprint density at radius 2 is 1.15 bits per heavy atom. The molecule has 6 nitrogen and oxygen atoms in total. The van der Waals surface area contributed by atoms with E-state index in [4.69, 9.17) is 9.47 Å². The number of para-hydroxylation sites is 2. The summed E-state index contributed by atoms with van der Waals surface area (Å²) in [7, 11) is 0. The molecule has 0 unspecified atom stereocenters. The van der Waals surface area contributed by atoms with Gasteiger partial charge in [-0.05, 0) is 37.1 Å². The highest BCUT2D eigenvalue weighted by atomic mass is 16.5. The molecule has 3 rings (SSSR count). The summed E-state index contributed by atoms with van der Waals surface area (Å²) in [5.41, 5.74) is 1.22. The fraction of sp³-hybridized carbons (Fsp3) is 0.300. The normalized spacial score (nSPS) is 15.4. The zero-order chi connectivity index (χ0) is 18.2. The molecule has 0 amide bonds. The van der Waals surface area contributed by atoms with Crippen LogP contribution in [0.4, 0.5) is 0 Å². The quantitative estimate of drug-likeness (QED) is 0.761. The average Bonchev–Trinajstić information content (AvgIpc) is 2.64. The Labute approximate surface area is 152 Å². The molecular formula is C20H22N2O4. The third-order valence-electron chi connectivity index (χ3n) is 3.93. The van der Waals surface area contributed by atoms with Crippen LogP contribution in [0.2, 0.25) is 0 Å². The van der Waals surface area contributed by atoms with Crippen LogP contribution in [0.25, 0.3) is 0 Å². The van der Waals surface area contributed by atoms with Crippen molar-refractivity contribution < 1.29 is 19.7 Å². The van der Waals surface area contributed by atoms with Crippen LogP contribution in [-0.4, -0.2) is 48.9 Å². The Bertz CT molecular complexity index is 735. The van der Waals surface area contributed by atoms with Crippen LogP contribution in [-0.2, 0) is 0 Å². The lowest BCUT2D eigenvalue weighted by atomic mass is 10.2. The maximum Gasteiger partial charge on any atom is 0.166 e. The molecule has 0 saturated heterocycles. The fourth-order valence-corrected chi connectivity index (χ4v) is 2.53. The van der Waals surface area contributed by atoms with E-state index < -0.39 is 0 Å². The molecule has 0 aliphatic carbocycles. The highest BCUT2D eigenvalue weighted by Gasteiger charge is 2.08. The Morgan fingerprint density at radius 1 is 0.692 bits per heavy atom. The van der Waals surface area contributed by atoms with Gasteiger partial charge < -0.3 is 19.7 Å². The number of aromatic hydroxyl groups is 2. The first-order chi connectivity index (χ1) is 12.8. The summed E-state index contributed by atoms with van der Waals surface area (Å²) < 4.78 is 11.3. The lowest BCUT2D eigenvalue weighted by molar-refractivity contribution is 0.254.